The molecule has 0 rings (SSSR count). The molecular weight excluding hydrogens is 212 g/mol. The van der Waals surface area contributed by atoms with Crippen LogP contribution in [0.5, 0.6) is 0 Å². The molecule has 0 aromatic rings. The first-order chi connectivity index (χ1) is 6.79. The van der Waals surface area contributed by atoms with Gasteiger partial charge in [0.1, 0.15) is 0 Å². The van der Waals surface area contributed by atoms with Gasteiger partial charge in [-0.05, 0) is 12.3 Å². The smallest absolute Gasteiger partial charge is 0.237 e. The summed E-state index contributed by atoms with van der Waals surface area (Å²) in [6.07, 6.45) is 0. The van der Waals surface area contributed by atoms with E-state index in [1.54, 1.807) is 0 Å². The van der Waals surface area contributed by atoms with Crippen molar-refractivity contribution in [3.8, 4) is 0 Å². The summed E-state index contributed by atoms with van der Waals surface area (Å²) in [5, 5.41) is 14.3. The summed E-state index contributed by atoms with van der Waals surface area (Å²) in [4.78, 5) is 11.8. The van der Waals surface area contributed by atoms with Gasteiger partial charge in [-0.15, -0.1) is 0 Å². The van der Waals surface area contributed by atoms with Gasteiger partial charge in [0, 0.05) is 11.9 Å². The van der Waals surface area contributed by atoms with Gasteiger partial charge < -0.3 is 10.4 Å². The van der Waals surface area contributed by atoms with Gasteiger partial charge in [-0.1, -0.05) is 20.8 Å². The van der Waals surface area contributed by atoms with Crippen molar-refractivity contribution in [1.29, 1.82) is 0 Å². The minimum Gasteiger partial charge on any atom is -0.395 e. The van der Waals surface area contributed by atoms with Crippen molar-refractivity contribution in [2.24, 2.45) is 5.41 Å². The first kappa shape index (κ1) is 14.7. The van der Waals surface area contributed by atoms with Crippen LogP contribution in [0.2, 0.25) is 0 Å². The molecule has 4 nitrogen and oxygen atoms in total. The zero-order chi connectivity index (χ0) is 12.1. The molecule has 3 N–H and O–H groups in total. The summed E-state index contributed by atoms with van der Waals surface area (Å²) in [6.45, 7) is 8.08. The number of carbonyl (C=O) groups is 1. The maximum Gasteiger partial charge on any atom is 0.237 e. The molecule has 2 atom stereocenters. The maximum absolute atomic E-state index is 11.8. The molecular formula is C10H22N2O2S. The number of thiol groups is 1. The van der Waals surface area contributed by atoms with Gasteiger partial charge in [-0.3, -0.25) is 10.1 Å². The number of aliphatic hydroxyl groups is 1. The minimum absolute atomic E-state index is 0.0426. The molecule has 90 valence electrons. The Morgan fingerprint density at radius 1 is 1.47 bits per heavy atom. The molecule has 0 heterocycles. The van der Waals surface area contributed by atoms with Crippen LogP contribution in [0.25, 0.3) is 0 Å². The van der Waals surface area contributed by atoms with Crippen LogP contribution in [0.3, 0.4) is 0 Å². The molecule has 0 radical (unpaired) electrons. The van der Waals surface area contributed by atoms with Crippen molar-refractivity contribution in [3.05, 3.63) is 0 Å². The van der Waals surface area contributed by atoms with Gasteiger partial charge in [-0.2, -0.15) is 12.6 Å². The second-order valence-electron chi connectivity index (χ2n) is 4.66. The predicted molar refractivity (Wildman–Crippen MR) is 64.9 cm³/mol. The van der Waals surface area contributed by atoms with Crippen LogP contribution in [-0.4, -0.2) is 35.6 Å². The van der Waals surface area contributed by atoms with E-state index in [2.05, 4.69) is 23.3 Å². The molecule has 0 saturated heterocycles. The number of nitrogens with one attached hydrogen (secondary N) is 2. The Hall–Kier alpha value is -0.260. The molecule has 5 heteroatoms. The Kier molecular flexibility index (Phi) is 6.24. The van der Waals surface area contributed by atoms with E-state index >= 15 is 0 Å². The number of hydrogen-bond acceptors (Lipinski definition) is 4. The number of hydrogen-bond donors (Lipinski definition) is 4. The van der Waals surface area contributed by atoms with Gasteiger partial charge in [0.25, 0.3) is 0 Å². The standard InChI is InChI=1S/C10H22N2O2S/c1-7(15)12-8(10(2,3)4)9(14)11-5-6-13/h7-8,12-13,15H,5-6H2,1-4H3,(H,11,14)/t7?,8-/m1/s1. The van der Waals surface area contributed by atoms with E-state index < -0.39 is 0 Å². The van der Waals surface area contributed by atoms with Crippen LogP contribution in [0, 0.1) is 5.41 Å². The van der Waals surface area contributed by atoms with Gasteiger partial charge in [0.2, 0.25) is 5.91 Å². The molecule has 0 bridgehead atoms. The molecule has 1 unspecified atom stereocenters. The predicted octanol–water partition coefficient (Wildman–Crippen LogP) is 0.375. The van der Waals surface area contributed by atoms with Crippen LogP contribution in [0.15, 0.2) is 0 Å². The zero-order valence-corrected chi connectivity index (χ0v) is 10.8. The van der Waals surface area contributed by atoms with Gasteiger partial charge in [0.05, 0.1) is 12.6 Å². The summed E-state index contributed by atoms with van der Waals surface area (Å²) in [5.41, 5.74) is -0.184. The highest BCUT2D eigenvalue weighted by Crippen LogP contribution is 2.20. The number of rotatable bonds is 5. The SMILES string of the molecule is CC(S)N[C@H](C(=O)NCCO)C(C)(C)C. The highest BCUT2D eigenvalue weighted by molar-refractivity contribution is 7.80. The van der Waals surface area contributed by atoms with Crippen LogP contribution in [0.1, 0.15) is 27.7 Å². The van der Waals surface area contributed by atoms with E-state index in [-0.39, 0.29) is 35.9 Å². The Morgan fingerprint density at radius 3 is 2.33 bits per heavy atom. The molecule has 0 aromatic heterocycles. The van der Waals surface area contributed by atoms with E-state index in [9.17, 15) is 4.79 Å². The first-order valence-corrected chi connectivity index (χ1v) is 5.63. The van der Waals surface area contributed by atoms with Crippen molar-refractivity contribution < 1.29 is 9.90 Å². The first-order valence-electron chi connectivity index (χ1n) is 5.11. The number of carbonyl (C=O) groups excluding carboxylic acids is 1. The van der Waals surface area contributed by atoms with E-state index in [4.69, 9.17) is 5.11 Å². The molecule has 0 spiro atoms. The number of amides is 1. The fraction of sp³-hybridized carbons (Fsp3) is 0.900. The Labute approximate surface area is 97.2 Å². The Morgan fingerprint density at radius 2 is 2.00 bits per heavy atom. The Balaban J connectivity index is 4.42. The molecule has 0 aliphatic heterocycles. The normalized spacial score (nSPS) is 15.9. The monoisotopic (exact) mass is 234 g/mol. The molecule has 0 aliphatic carbocycles. The van der Waals surface area contributed by atoms with E-state index in [1.165, 1.54) is 0 Å². The van der Waals surface area contributed by atoms with Crippen LogP contribution < -0.4 is 10.6 Å². The molecule has 0 fully saturated rings. The fourth-order valence-electron chi connectivity index (χ4n) is 1.24. The highest BCUT2D eigenvalue weighted by Gasteiger charge is 2.31. The minimum atomic E-state index is -0.309. The summed E-state index contributed by atoms with van der Waals surface area (Å²) in [5.74, 6) is -0.0996. The molecule has 0 aliphatic rings. The lowest BCUT2D eigenvalue weighted by Gasteiger charge is -2.31. The second kappa shape index (κ2) is 6.35. The van der Waals surface area contributed by atoms with Crippen LogP contribution in [0.4, 0.5) is 0 Å². The highest BCUT2D eigenvalue weighted by atomic mass is 32.1. The van der Waals surface area contributed by atoms with Crippen molar-refractivity contribution in [3.63, 3.8) is 0 Å². The lowest BCUT2D eigenvalue weighted by molar-refractivity contribution is -0.125. The van der Waals surface area contributed by atoms with Crippen molar-refractivity contribution in [1.82, 2.24) is 10.6 Å². The lowest BCUT2D eigenvalue weighted by Crippen LogP contribution is -2.53. The molecule has 15 heavy (non-hydrogen) atoms. The third-order valence-electron chi connectivity index (χ3n) is 1.95. The second-order valence-corrected chi connectivity index (χ2v) is 5.43. The van der Waals surface area contributed by atoms with Gasteiger partial charge in [0.15, 0.2) is 0 Å². The largest absolute Gasteiger partial charge is 0.395 e. The maximum atomic E-state index is 11.8. The van der Waals surface area contributed by atoms with Crippen LogP contribution >= 0.6 is 12.6 Å². The molecule has 0 aromatic carbocycles. The van der Waals surface area contributed by atoms with Gasteiger partial charge >= 0.3 is 0 Å². The topological polar surface area (TPSA) is 61.4 Å². The number of aliphatic hydroxyl groups excluding tert-OH is 1. The summed E-state index contributed by atoms with van der Waals surface area (Å²) in [6, 6.07) is -0.309. The average Bonchev–Trinajstić information content (AvgIpc) is 2.08. The van der Waals surface area contributed by atoms with Gasteiger partial charge in [-0.25, -0.2) is 0 Å². The summed E-state index contributed by atoms with van der Waals surface area (Å²) >= 11 is 4.21. The molecule has 0 saturated carbocycles. The summed E-state index contributed by atoms with van der Waals surface area (Å²) in [7, 11) is 0. The van der Waals surface area contributed by atoms with E-state index in [1.807, 2.05) is 27.7 Å². The third kappa shape index (κ3) is 6.02. The summed E-state index contributed by atoms with van der Waals surface area (Å²) < 4.78 is 0. The third-order valence-corrected chi connectivity index (χ3v) is 2.10. The Bertz CT molecular complexity index is 202. The van der Waals surface area contributed by atoms with Crippen molar-refractivity contribution in [2.75, 3.05) is 13.2 Å². The fourth-order valence-corrected chi connectivity index (χ4v) is 1.39. The molecule has 1 amide bonds. The van der Waals surface area contributed by atoms with Crippen molar-refractivity contribution >= 4 is 18.5 Å². The average molecular weight is 234 g/mol. The lowest BCUT2D eigenvalue weighted by atomic mass is 9.86. The van der Waals surface area contributed by atoms with E-state index in [0.717, 1.165) is 0 Å². The van der Waals surface area contributed by atoms with Crippen molar-refractivity contribution in [2.45, 2.75) is 39.1 Å². The van der Waals surface area contributed by atoms with Crippen LogP contribution in [-0.2, 0) is 4.79 Å². The quantitative estimate of drug-likeness (QED) is 0.411. The van der Waals surface area contributed by atoms with E-state index in [0.29, 0.717) is 0 Å². The zero-order valence-electron chi connectivity index (χ0n) is 9.87.